The molecule has 0 radical (unpaired) electrons. The maximum atomic E-state index is 12.2. The van der Waals surface area contributed by atoms with Gasteiger partial charge in [-0.3, -0.25) is 4.79 Å². The van der Waals surface area contributed by atoms with Crippen molar-refractivity contribution in [2.24, 2.45) is 0 Å². The number of carboxylic acid groups (broad SMARTS) is 1. The second-order valence-electron chi connectivity index (χ2n) is 4.83. The van der Waals surface area contributed by atoms with E-state index >= 15 is 0 Å². The fraction of sp³-hybridized carbons (Fsp3) is 0.923. The average molecular weight is 299 g/mol. The lowest BCUT2D eigenvalue weighted by Gasteiger charge is -2.29. The number of nitrogens with one attached hydrogen (secondary N) is 1. The number of hydrogen-bond acceptors (Lipinski definition) is 3. The van der Waals surface area contributed by atoms with Gasteiger partial charge in [-0.1, -0.05) is 13.8 Å². The Balaban J connectivity index is 4.31. The molecule has 0 aromatic rings. The van der Waals surface area contributed by atoms with Crippen LogP contribution in [0.3, 0.4) is 0 Å². The fourth-order valence-electron chi connectivity index (χ4n) is 1.82. The molecule has 4 nitrogen and oxygen atoms in total. The van der Waals surface area contributed by atoms with Crippen LogP contribution in [0.2, 0.25) is 0 Å². The molecule has 0 aromatic carbocycles. The molecule has 0 spiro atoms. The SMILES string of the molecule is CCCNC(CC)(CCCOC(C)C(F)(F)F)C(=O)O. The molecule has 2 atom stereocenters. The lowest BCUT2D eigenvalue weighted by molar-refractivity contribution is -0.214. The van der Waals surface area contributed by atoms with Crippen LogP contribution in [0.25, 0.3) is 0 Å². The Bertz CT molecular complexity index is 297. The molecule has 7 heteroatoms. The Labute approximate surface area is 117 Å². The number of hydrogen-bond donors (Lipinski definition) is 2. The smallest absolute Gasteiger partial charge is 0.414 e. The van der Waals surface area contributed by atoms with Crippen molar-refractivity contribution in [2.45, 2.75) is 64.3 Å². The van der Waals surface area contributed by atoms with Crippen LogP contribution in [0.15, 0.2) is 0 Å². The maximum Gasteiger partial charge on any atom is 0.414 e. The van der Waals surface area contributed by atoms with Crippen LogP contribution in [0.1, 0.15) is 46.5 Å². The van der Waals surface area contributed by atoms with E-state index in [1.54, 1.807) is 6.92 Å². The van der Waals surface area contributed by atoms with Crippen molar-refractivity contribution in [3.05, 3.63) is 0 Å². The largest absolute Gasteiger partial charge is 0.480 e. The quantitative estimate of drug-likeness (QED) is 0.609. The molecule has 0 aliphatic heterocycles. The van der Waals surface area contributed by atoms with Gasteiger partial charge in [0.15, 0.2) is 6.10 Å². The predicted octanol–water partition coefficient (Wildman–Crippen LogP) is 2.97. The van der Waals surface area contributed by atoms with Gasteiger partial charge in [0, 0.05) is 6.61 Å². The molecule has 0 bridgehead atoms. The van der Waals surface area contributed by atoms with Crippen molar-refractivity contribution in [3.63, 3.8) is 0 Å². The van der Waals surface area contributed by atoms with Crippen LogP contribution in [0.5, 0.6) is 0 Å². The first-order valence-electron chi connectivity index (χ1n) is 6.86. The number of halogens is 3. The molecule has 0 rings (SSSR count). The van der Waals surface area contributed by atoms with Crippen LogP contribution in [0.4, 0.5) is 13.2 Å². The molecule has 0 heterocycles. The zero-order valence-corrected chi connectivity index (χ0v) is 12.2. The highest BCUT2D eigenvalue weighted by Crippen LogP contribution is 2.23. The summed E-state index contributed by atoms with van der Waals surface area (Å²) in [5.41, 5.74) is -1.08. The van der Waals surface area contributed by atoms with E-state index in [0.29, 0.717) is 13.0 Å². The molecule has 0 amide bonds. The standard InChI is InChI=1S/C13H24F3NO3/c1-4-8-17-12(5-2,11(18)19)7-6-9-20-10(3)13(14,15)16/h10,17H,4-9H2,1-3H3,(H,18,19). The van der Waals surface area contributed by atoms with Crippen molar-refractivity contribution >= 4 is 5.97 Å². The molecule has 0 aromatic heterocycles. The average Bonchev–Trinajstić information content (AvgIpc) is 2.36. The van der Waals surface area contributed by atoms with Gasteiger partial charge in [0.05, 0.1) is 0 Å². The van der Waals surface area contributed by atoms with Crippen LogP contribution >= 0.6 is 0 Å². The Morgan fingerprint density at radius 3 is 2.35 bits per heavy atom. The molecule has 0 fully saturated rings. The van der Waals surface area contributed by atoms with E-state index in [9.17, 15) is 23.1 Å². The Morgan fingerprint density at radius 2 is 1.95 bits per heavy atom. The van der Waals surface area contributed by atoms with Crippen LogP contribution < -0.4 is 5.32 Å². The highest BCUT2D eigenvalue weighted by atomic mass is 19.4. The third-order valence-electron chi connectivity index (χ3n) is 3.30. The van der Waals surface area contributed by atoms with E-state index in [0.717, 1.165) is 13.3 Å². The van der Waals surface area contributed by atoms with Gasteiger partial charge in [-0.25, -0.2) is 0 Å². The van der Waals surface area contributed by atoms with Gasteiger partial charge in [-0.2, -0.15) is 13.2 Å². The lowest BCUT2D eigenvalue weighted by atomic mass is 9.90. The summed E-state index contributed by atoms with van der Waals surface area (Å²) in [6.07, 6.45) is -4.55. The van der Waals surface area contributed by atoms with E-state index in [1.807, 2.05) is 6.92 Å². The highest BCUT2D eigenvalue weighted by molar-refractivity contribution is 5.78. The first-order chi connectivity index (χ1) is 9.19. The van der Waals surface area contributed by atoms with E-state index < -0.39 is 23.8 Å². The topological polar surface area (TPSA) is 58.6 Å². The van der Waals surface area contributed by atoms with Crippen LogP contribution in [0, 0.1) is 0 Å². The van der Waals surface area contributed by atoms with Crippen molar-refractivity contribution < 1.29 is 27.8 Å². The number of rotatable bonds is 10. The number of aliphatic carboxylic acids is 1. The monoisotopic (exact) mass is 299 g/mol. The second-order valence-corrected chi connectivity index (χ2v) is 4.83. The first kappa shape index (κ1) is 19.2. The van der Waals surface area contributed by atoms with Gasteiger partial charge in [0.2, 0.25) is 0 Å². The molecule has 120 valence electrons. The van der Waals surface area contributed by atoms with Crippen LogP contribution in [-0.4, -0.2) is 42.0 Å². The Morgan fingerprint density at radius 1 is 1.35 bits per heavy atom. The molecule has 20 heavy (non-hydrogen) atoms. The minimum absolute atomic E-state index is 0.108. The number of alkyl halides is 3. The summed E-state index contributed by atoms with van der Waals surface area (Å²) in [6, 6.07) is 0. The van der Waals surface area contributed by atoms with Gasteiger partial charge < -0.3 is 15.2 Å². The van der Waals surface area contributed by atoms with Crippen molar-refractivity contribution in [1.82, 2.24) is 5.32 Å². The summed E-state index contributed by atoms with van der Waals surface area (Å²) < 4.78 is 41.4. The summed E-state index contributed by atoms with van der Waals surface area (Å²) in [4.78, 5) is 11.4. The Kier molecular flexibility index (Phi) is 8.12. The van der Waals surface area contributed by atoms with E-state index in [-0.39, 0.29) is 19.4 Å². The summed E-state index contributed by atoms with van der Waals surface area (Å²) in [7, 11) is 0. The third kappa shape index (κ3) is 6.09. The molecule has 0 saturated carbocycles. The van der Waals surface area contributed by atoms with E-state index in [1.165, 1.54) is 0 Å². The first-order valence-corrected chi connectivity index (χ1v) is 6.86. The zero-order chi connectivity index (χ0) is 15.8. The van der Waals surface area contributed by atoms with Crippen molar-refractivity contribution in [3.8, 4) is 0 Å². The number of ether oxygens (including phenoxy) is 1. The predicted molar refractivity (Wildman–Crippen MR) is 69.7 cm³/mol. The third-order valence-corrected chi connectivity index (χ3v) is 3.30. The van der Waals surface area contributed by atoms with E-state index in [4.69, 9.17) is 0 Å². The molecule has 0 saturated heterocycles. The zero-order valence-electron chi connectivity index (χ0n) is 12.2. The van der Waals surface area contributed by atoms with Gasteiger partial charge >= 0.3 is 12.1 Å². The highest BCUT2D eigenvalue weighted by Gasteiger charge is 2.38. The van der Waals surface area contributed by atoms with Gasteiger partial charge in [-0.15, -0.1) is 0 Å². The summed E-state index contributed by atoms with van der Waals surface area (Å²) in [6.45, 7) is 5.06. The number of carbonyl (C=O) groups is 1. The van der Waals surface area contributed by atoms with E-state index in [2.05, 4.69) is 10.1 Å². The second kappa shape index (κ2) is 8.46. The van der Waals surface area contributed by atoms with Gasteiger partial charge in [-0.05, 0) is 39.2 Å². The molecule has 2 N–H and O–H groups in total. The molecule has 0 aliphatic rings. The van der Waals surface area contributed by atoms with Crippen molar-refractivity contribution in [1.29, 1.82) is 0 Å². The minimum Gasteiger partial charge on any atom is -0.480 e. The summed E-state index contributed by atoms with van der Waals surface area (Å²) in [5.74, 6) is -0.975. The number of carboxylic acids is 1. The normalized spacial score (nSPS) is 16.7. The fourth-order valence-corrected chi connectivity index (χ4v) is 1.82. The minimum atomic E-state index is -4.38. The van der Waals surface area contributed by atoms with Gasteiger partial charge in [0.25, 0.3) is 0 Å². The molecule has 2 unspecified atom stereocenters. The Hall–Kier alpha value is -0.820. The summed E-state index contributed by atoms with van der Waals surface area (Å²) >= 11 is 0. The summed E-state index contributed by atoms with van der Waals surface area (Å²) in [5, 5.41) is 12.3. The van der Waals surface area contributed by atoms with Gasteiger partial charge in [0.1, 0.15) is 5.54 Å². The molecular weight excluding hydrogens is 275 g/mol. The van der Waals surface area contributed by atoms with Crippen molar-refractivity contribution in [2.75, 3.05) is 13.2 Å². The lowest BCUT2D eigenvalue weighted by Crippen LogP contribution is -2.52. The molecule has 0 aliphatic carbocycles. The molecular formula is C13H24F3NO3. The maximum absolute atomic E-state index is 12.2. The van der Waals surface area contributed by atoms with Crippen LogP contribution in [-0.2, 0) is 9.53 Å².